The van der Waals surface area contributed by atoms with Crippen LogP contribution in [0.15, 0.2) is 0 Å². The molecule has 0 aliphatic carbocycles. The third-order valence-corrected chi connectivity index (χ3v) is 4.78. The largest absolute Gasteiger partial charge is 1.00 e. The van der Waals surface area contributed by atoms with E-state index in [4.69, 9.17) is 29.6 Å². The van der Waals surface area contributed by atoms with E-state index >= 15 is 0 Å². The van der Waals surface area contributed by atoms with Gasteiger partial charge in [0.25, 0.3) is 0 Å². The molecule has 0 aromatic carbocycles. The van der Waals surface area contributed by atoms with E-state index in [-0.39, 0.29) is 76.4 Å². The third-order valence-electron chi connectivity index (χ3n) is 3.36. The number of hydrogen-bond donors (Lipinski definition) is 1. The van der Waals surface area contributed by atoms with Crippen LogP contribution >= 0.6 is 33.0 Å². The number of esters is 1. The van der Waals surface area contributed by atoms with Crippen LogP contribution < -0.4 is 64.4 Å². The Hall–Kier alpha value is 2.28. The van der Waals surface area contributed by atoms with Crippen molar-refractivity contribution in [3.63, 3.8) is 0 Å². The second-order valence-electron chi connectivity index (χ2n) is 6.99. The first-order chi connectivity index (χ1) is 12.1. The number of carbonyl (C=O) groups excluding carboxylic acids is 1. The van der Waals surface area contributed by atoms with E-state index in [2.05, 4.69) is 57.6 Å². The average Bonchev–Trinajstić information content (AvgIpc) is 2.52. The van der Waals surface area contributed by atoms with Gasteiger partial charge in [-0.2, -0.15) is 4.70 Å². The third kappa shape index (κ3) is 24.5. The molecule has 0 amide bonds. The van der Waals surface area contributed by atoms with Crippen molar-refractivity contribution in [3.8, 4) is 0 Å². The van der Waals surface area contributed by atoms with Crippen LogP contribution in [0.5, 0.6) is 0 Å². The number of nitrogens with one attached hydrogen (secondary N) is 1. The molecule has 0 radical (unpaired) electrons. The molecule has 0 aromatic heterocycles. The van der Waals surface area contributed by atoms with Crippen molar-refractivity contribution in [2.45, 2.75) is 33.6 Å². The number of ether oxygens (including phenoxy) is 1. The Morgan fingerprint density at radius 2 is 1.86 bits per heavy atom. The minimum absolute atomic E-state index is 0. The van der Waals surface area contributed by atoms with E-state index in [1.807, 2.05) is 11.9 Å². The zero-order chi connectivity index (χ0) is 20.6. The van der Waals surface area contributed by atoms with Crippen molar-refractivity contribution in [2.75, 3.05) is 46.1 Å². The molecule has 11 heteroatoms. The number of hydrogen-bond acceptors (Lipinski definition) is 7. The van der Waals surface area contributed by atoms with Gasteiger partial charge in [0.1, 0.15) is 6.61 Å². The SMILES string of the molecule is CNCCCN(CCOC(=O)C(CPC)CC(C)(C)C)C(=S)[S-].S=C[S-].[Na+].[Na+]. The van der Waals surface area contributed by atoms with Crippen LogP contribution in [0.4, 0.5) is 0 Å². The molecule has 0 aromatic rings. The van der Waals surface area contributed by atoms with Gasteiger partial charge < -0.3 is 64.6 Å². The van der Waals surface area contributed by atoms with E-state index < -0.39 is 0 Å². The average molecular weight is 503 g/mol. The Morgan fingerprint density at radius 1 is 1.32 bits per heavy atom. The summed E-state index contributed by atoms with van der Waals surface area (Å²) in [5.74, 6) is -0.0914. The molecule has 2 atom stereocenters. The number of nitrogens with zero attached hydrogens (tertiary/aromatic N) is 1. The molecule has 28 heavy (non-hydrogen) atoms. The Kier molecular flexibility index (Phi) is 32.1. The molecule has 0 saturated carbocycles. The van der Waals surface area contributed by atoms with Gasteiger partial charge in [0, 0.05) is 6.54 Å². The molecule has 0 saturated heterocycles. The van der Waals surface area contributed by atoms with E-state index in [9.17, 15) is 4.79 Å². The quantitative estimate of drug-likeness (QED) is 0.0808. The normalized spacial score (nSPS) is 11.3. The molecule has 1 N–H and O–H groups in total. The smallest absolute Gasteiger partial charge is 0.464 e. The summed E-state index contributed by atoms with van der Waals surface area (Å²) in [5, 5.41) is 3.10. The fourth-order valence-corrected chi connectivity index (χ4v) is 3.51. The van der Waals surface area contributed by atoms with Gasteiger partial charge in [0.15, 0.2) is 0 Å². The molecule has 0 fully saturated rings. The van der Waals surface area contributed by atoms with Crippen molar-refractivity contribution >= 4 is 73.3 Å². The van der Waals surface area contributed by atoms with Crippen LogP contribution in [0, 0.1) is 11.3 Å². The molecule has 154 valence electrons. The Balaban J connectivity index is -0.000000538. The molecule has 0 aliphatic rings. The minimum Gasteiger partial charge on any atom is -0.464 e. The van der Waals surface area contributed by atoms with Crippen LogP contribution in [0.25, 0.3) is 0 Å². The Bertz CT molecular complexity index is 417. The molecular weight excluding hydrogens is 469 g/mol. The summed E-state index contributed by atoms with van der Waals surface area (Å²) >= 11 is 18.3. The summed E-state index contributed by atoms with van der Waals surface area (Å²) in [4.78, 5) is 14.2. The Labute approximate surface area is 240 Å². The molecular formula is C17H33N2Na2O2PS4. The van der Waals surface area contributed by atoms with Crippen molar-refractivity contribution in [2.24, 2.45) is 11.3 Å². The van der Waals surface area contributed by atoms with Crippen molar-refractivity contribution in [3.05, 3.63) is 0 Å². The summed E-state index contributed by atoms with van der Waals surface area (Å²) in [5.41, 5.74) is 0.130. The molecule has 0 bridgehead atoms. The number of rotatable bonds is 11. The molecule has 2 unspecified atom stereocenters. The van der Waals surface area contributed by atoms with Gasteiger partial charge in [-0.05, 0) is 44.7 Å². The summed E-state index contributed by atoms with van der Waals surface area (Å²) < 4.78 is 7.10. The second kappa shape index (κ2) is 23.9. The van der Waals surface area contributed by atoms with Crippen molar-refractivity contribution in [1.82, 2.24) is 10.2 Å². The fourth-order valence-electron chi connectivity index (χ4n) is 2.34. The summed E-state index contributed by atoms with van der Waals surface area (Å²) in [6, 6.07) is 0. The van der Waals surface area contributed by atoms with Gasteiger partial charge in [0.05, 0.1) is 12.5 Å². The monoisotopic (exact) mass is 502 g/mol. The predicted octanol–water partition coefficient (Wildman–Crippen LogP) is -2.87. The topological polar surface area (TPSA) is 41.6 Å². The van der Waals surface area contributed by atoms with Gasteiger partial charge in [-0.25, -0.2) is 0 Å². The molecule has 0 rings (SSSR count). The molecule has 0 spiro atoms. The van der Waals surface area contributed by atoms with E-state index in [0.29, 0.717) is 17.5 Å². The first kappa shape index (κ1) is 37.6. The van der Waals surface area contributed by atoms with Gasteiger partial charge in [-0.15, -0.1) is 8.58 Å². The number of carbonyl (C=O) groups is 1. The first-order valence-electron chi connectivity index (χ1n) is 8.60. The predicted molar refractivity (Wildman–Crippen MR) is 129 cm³/mol. The molecule has 0 aliphatic heterocycles. The second-order valence-corrected chi connectivity index (χ2v) is 9.91. The van der Waals surface area contributed by atoms with Crippen LogP contribution in [-0.4, -0.2) is 66.0 Å². The maximum atomic E-state index is 12.3. The van der Waals surface area contributed by atoms with E-state index in [0.717, 1.165) is 40.7 Å². The number of thiocarbonyl (C=S) groups is 2. The fraction of sp³-hybridized carbons (Fsp3) is 0.824. The van der Waals surface area contributed by atoms with Crippen molar-refractivity contribution in [1.29, 1.82) is 0 Å². The summed E-state index contributed by atoms with van der Waals surface area (Å²) in [7, 11) is 2.68. The van der Waals surface area contributed by atoms with Crippen LogP contribution in [0.2, 0.25) is 0 Å². The van der Waals surface area contributed by atoms with Gasteiger partial charge >= 0.3 is 65.1 Å². The first-order valence-corrected chi connectivity index (χ1v) is 12.1. The summed E-state index contributed by atoms with van der Waals surface area (Å²) in [6.07, 6.45) is 2.73. The van der Waals surface area contributed by atoms with Crippen LogP contribution in [0.1, 0.15) is 33.6 Å². The van der Waals surface area contributed by atoms with Crippen molar-refractivity contribution < 1.29 is 68.6 Å². The zero-order valence-corrected chi connectivity index (χ0v) is 26.8. The van der Waals surface area contributed by atoms with Crippen LogP contribution in [-0.2, 0) is 34.8 Å². The van der Waals surface area contributed by atoms with E-state index in [1.165, 1.54) is 4.70 Å². The standard InChI is InChI=1S/C16H33N2O2PS2.CH2S2.2Na/c1-16(2,3)11-13(12-21-5)14(19)20-10-9-18(15(22)23)8-6-7-17-4;2-1-3;;/h13,17,21H,6-12H2,1-5H3,(H,22,23);1H,(H,2,3);;/q;;2*+1/p-2. The maximum Gasteiger partial charge on any atom is 1.00 e. The Morgan fingerprint density at radius 3 is 2.25 bits per heavy atom. The van der Waals surface area contributed by atoms with Crippen LogP contribution in [0.3, 0.4) is 0 Å². The molecule has 4 nitrogen and oxygen atoms in total. The summed E-state index contributed by atoms with van der Waals surface area (Å²) in [6.45, 7) is 11.2. The molecule has 0 heterocycles. The zero-order valence-electron chi connectivity index (χ0n) is 18.5. The maximum absolute atomic E-state index is 12.3. The van der Waals surface area contributed by atoms with Gasteiger partial charge in [0.2, 0.25) is 0 Å². The van der Waals surface area contributed by atoms with Gasteiger partial charge in [-0.1, -0.05) is 25.1 Å². The van der Waals surface area contributed by atoms with Gasteiger partial charge in [-0.3, -0.25) is 4.79 Å². The minimum atomic E-state index is -0.0836. The van der Waals surface area contributed by atoms with E-state index in [1.54, 1.807) is 0 Å².